The molecule has 1 aromatic heterocycles. The molecule has 10 heteroatoms. The number of carbonyl (C=O) groups excluding carboxylic acids is 3. The summed E-state index contributed by atoms with van der Waals surface area (Å²) in [4.78, 5) is 42.5. The van der Waals surface area contributed by atoms with Crippen molar-refractivity contribution >= 4 is 34.7 Å². The van der Waals surface area contributed by atoms with Gasteiger partial charge in [-0.2, -0.15) is 0 Å². The molecule has 0 bridgehead atoms. The van der Waals surface area contributed by atoms with Gasteiger partial charge in [-0.1, -0.05) is 25.1 Å². The van der Waals surface area contributed by atoms with E-state index >= 15 is 0 Å². The van der Waals surface area contributed by atoms with Gasteiger partial charge in [0.25, 0.3) is 5.91 Å². The zero-order valence-electron chi connectivity index (χ0n) is 24.0. The number of rotatable bonds is 11. The van der Waals surface area contributed by atoms with E-state index in [-0.39, 0.29) is 12.5 Å². The lowest BCUT2D eigenvalue weighted by atomic mass is 9.99. The van der Waals surface area contributed by atoms with Crippen molar-refractivity contribution in [3.05, 3.63) is 69.9 Å². The molecule has 0 aliphatic rings. The highest BCUT2D eigenvalue weighted by molar-refractivity contribution is 7.12. The van der Waals surface area contributed by atoms with E-state index in [0.29, 0.717) is 33.4 Å². The van der Waals surface area contributed by atoms with Crippen LogP contribution in [0, 0.1) is 0 Å². The number of carbonyl (C=O) groups is 3. The van der Waals surface area contributed by atoms with Crippen LogP contribution in [0.15, 0.2) is 53.9 Å². The van der Waals surface area contributed by atoms with Gasteiger partial charge in [0.15, 0.2) is 11.5 Å². The molecule has 2 aromatic carbocycles. The second-order valence-corrected chi connectivity index (χ2v) is 11.0. The van der Waals surface area contributed by atoms with Gasteiger partial charge >= 0.3 is 0 Å². The molecule has 0 saturated carbocycles. The molecule has 40 heavy (non-hydrogen) atoms. The van der Waals surface area contributed by atoms with Crippen LogP contribution in [0.2, 0.25) is 0 Å². The molecule has 3 aromatic rings. The van der Waals surface area contributed by atoms with E-state index in [1.807, 2.05) is 39.8 Å². The first kappa shape index (κ1) is 30.5. The molecular formula is C30H37N3O6S. The van der Waals surface area contributed by atoms with Gasteiger partial charge in [0.05, 0.1) is 32.8 Å². The topological polar surface area (TPSA) is 106 Å². The molecule has 9 nitrogen and oxygen atoms in total. The molecule has 0 spiro atoms. The van der Waals surface area contributed by atoms with E-state index in [4.69, 9.17) is 14.2 Å². The second-order valence-electron chi connectivity index (χ2n) is 10.0. The number of hydrogen-bond donors (Lipinski definition) is 2. The Balaban J connectivity index is 2.16. The molecule has 0 aliphatic heterocycles. The Bertz CT molecular complexity index is 1290. The summed E-state index contributed by atoms with van der Waals surface area (Å²) in [5.41, 5.74) is 1.42. The van der Waals surface area contributed by atoms with E-state index in [1.165, 1.54) is 37.6 Å². The summed E-state index contributed by atoms with van der Waals surface area (Å²) >= 11 is 1.28. The minimum atomic E-state index is -1.13. The van der Waals surface area contributed by atoms with Crippen molar-refractivity contribution in [1.29, 1.82) is 0 Å². The number of thiophene rings is 1. The minimum Gasteiger partial charge on any atom is -0.493 e. The quantitative estimate of drug-likeness (QED) is 0.346. The van der Waals surface area contributed by atoms with E-state index in [9.17, 15) is 14.4 Å². The number of nitrogens with zero attached hydrogens (tertiary/aromatic N) is 1. The molecule has 1 atom stereocenters. The molecule has 1 heterocycles. The van der Waals surface area contributed by atoms with Gasteiger partial charge in [0.1, 0.15) is 6.04 Å². The lowest BCUT2D eigenvalue weighted by Crippen LogP contribution is -2.51. The Morgan fingerprint density at radius 2 is 1.57 bits per heavy atom. The molecule has 0 unspecified atom stereocenters. The van der Waals surface area contributed by atoms with Crippen LogP contribution in [0.1, 0.15) is 54.5 Å². The number of anilines is 1. The molecule has 0 radical (unpaired) electrons. The van der Waals surface area contributed by atoms with Gasteiger partial charge in [-0.25, -0.2) is 0 Å². The molecule has 2 N–H and O–H groups in total. The van der Waals surface area contributed by atoms with Crippen LogP contribution in [0.4, 0.5) is 5.69 Å². The average molecular weight is 568 g/mol. The van der Waals surface area contributed by atoms with Crippen molar-refractivity contribution in [3.63, 3.8) is 0 Å². The number of amides is 3. The minimum absolute atomic E-state index is 0.323. The Morgan fingerprint density at radius 3 is 2.05 bits per heavy atom. The summed E-state index contributed by atoms with van der Waals surface area (Å²) in [6.45, 7) is 7.30. The second kappa shape index (κ2) is 13.3. The Kier molecular flexibility index (Phi) is 10.2. The van der Waals surface area contributed by atoms with Crippen LogP contribution in [-0.2, 0) is 16.0 Å². The van der Waals surface area contributed by atoms with Crippen molar-refractivity contribution in [2.24, 2.45) is 0 Å². The normalized spacial score (nSPS) is 11.8. The van der Waals surface area contributed by atoms with Crippen molar-refractivity contribution in [3.8, 4) is 17.2 Å². The zero-order chi connectivity index (χ0) is 29.4. The fraction of sp³-hybridized carbons (Fsp3) is 0.367. The van der Waals surface area contributed by atoms with E-state index in [2.05, 4.69) is 10.6 Å². The summed E-state index contributed by atoms with van der Waals surface area (Å²) in [6.07, 6.45) is 0.811. The maximum absolute atomic E-state index is 14.0. The monoisotopic (exact) mass is 567 g/mol. The molecule has 3 amide bonds. The highest BCUT2D eigenvalue weighted by atomic mass is 32.1. The van der Waals surface area contributed by atoms with Crippen LogP contribution in [0.5, 0.6) is 17.2 Å². The predicted molar refractivity (Wildman–Crippen MR) is 157 cm³/mol. The third-order valence-corrected chi connectivity index (χ3v) is 6.91. The van der Waals surface area contributed by atoms with Gasteiger partial charge < -0.3 is 24.8 Å². The van der Waals surface area contributed by atoms with Gasteiger partial charge in [0, 0.05) is 11.2 Å². The third-order valence-electron chi connectivity index (χ3n) is 6.04. The Labute approximate surface area is 239 Å². The molecule has 3 rings (SSSR count). The van der Waals surface area contributed by atoms with Crippen LogP contribution < -0.4 is 29.7 Å². The molecule has 0 fully saturated rings. The van der Waals surface area contributed by atoms with Crippen molar-refractivity contribution < 1.29 is 28.6 Å². The van der Waals surface area contributed by atoms with Crippen LogP contribution in [0.25, 0.3) is 0 Å². The number of aryl methyl sites for hydroxylation is 1. The van der Waals surface area contributed by atoms with Crippen molar-refractivity contribution in [2.45, 2.75) is 45.7 Å². The van der Waals surface area contributed by atoms with Gasteiger partial charge in [-0.05, 0) is 74.0 Å². The van der Waals surface area contributed by atoms with Crippen LogP contribution >= 0.6 is 11.3 Å². The third kappa shape index (κ3) is 7.32. The largest absolute Gasteiger partial charge is 0.493 e. The number of hydrogen-bond acceptors (Lipinski definition) is 7. The number of methoxy groups -OCH3 is 3. The van der Waals surface area contributed by atoms with E-state index in [0.717, 1.165) is 12.0 Å². The molecule has 0 aliphatic carbocycles. The maximum Gasteiger partial charge on any atom is 0.261 e. The lowest BCUT2D eigenvalue weighted by Gasteiger charge is -2.34. The fourth-order valence-electron chi connectivity index (χ4n) is 4.18. The van der Waals surface area contributed by atoms with Crippen molar-refractivity contribution in [1.82, 2.24) is 10.6 Å². The SMILES string of the molecule is CCc1ccc(N(C(=O)CNC(=O)c2cccs2)[C@H](C(=O)NC(C)(C)C)c2cc(OC)c(OC)c(OC)c2)cc1. The van der Waals surface area contributed by atoms with Crippen molar-refractivity contribution in [2.75, 3.05) is 32.8 Å². The Morgan fingerprint density at radius 1 is 0.950 bits per heavy atom. The van der Waals surface area contributed by atoms with E-state index in [1.54, 1.807) is 41.8 Å². The summed E-state index contributed by atoms with van der Waals surface area (Å²) in [7, 11) is 4.46. The number of ether oxygens (including phenoxy) is 3. The molecule has 214 valence electrons. The average Bonchev–Trinajstić information content (AvgIpc) is 3.48. The summed E-state index contributed by atoms with van der Waals surface area (Å²) in [6, 6.07) is 13.0. The maximum atomic E-state index is 14.0. The molecule has 0 saturated heterocycles. The molecular weight excluding hydrogens is 530 g/mol. The summed E-state index contributed by atoms with van der Waals surface area (Å²) in [5.74, 6) is -0.225. The van der Waals surface area contributed by atoms with Crippen LogP contribution in [0.3, 0.4) is 0 Å². The smallest absolute Gasteiger partial charge is 0.261 e. The van der Waals surface area contributed by atoms with Gasteiger partial charge in [0.2, 0.25) is 17.6 Å². The zero-order valence-corrected chi connectivity index (χ0v) is 24.8. The standard InChI is InChI=1S/C30H37N3O6S/c1-8-19-11-13-21(14-12-19)33(25(34)18-31-28(35)24-10-9-15-40-24)26(29(36)32-30(2,3)4)20-16-22(37-5)27(39-7)23(17-20)38-6/h9-17,26H,8,18H2,1-7H3,(H,31,35)(H,32,36)/t26-/m0/s1. The summed E-state index contributed by atoms with van der Waals surface area (Å²) in [5, 5.41) is 7.49. The Hall–Kier alpha value is -4.05. The fourth-order valence-corrected chi connectivity index (χ4v) is 4.82. The van der Waals surface area contributed by atoms with Gasteiger partial charge in [-0.15, -0.1) is 11.3 Å². The predicted octanol–water partition coefficient (Wildman–Crippen LogP) is 4.76. The number of benzene rings is 2. The summed E-state index contributed by atoms with van der Waals surface area (Å²) < 4.78 is 16.6. The first-order chi connectivity index (χ1) is 19.0. The van der Waals surface area contributed by atoms with E-state index < -0.39 is 23.4 Å². The van der Waals surface area contributed by atoms with Gasteiger partial charge in [-0.3, -0.25) is 19.3 Å². The van der Waals surface area contributed by atoms with Crippen LogP contribution in [-0.4, -0.2) is 51.1 Å². The first-order valence-electron chi connectivity index (χ1n) is 12.9. The highest BCUT2D eigenvalue weighted by Gasteiger charge is 2.36. The first-order valence-corrected chi connectivity index (χ1v) is 13.8. The lowest BCUT2D eigenvalue weighted by molar-refractivity contribution is -0.127. The highest BCUT2D eigenvalue weighted by Crippen LogP contribution is 2.41. The number of nitrogens with one attached hydrogen (secondary N) is 2.